The normalized spacial score (nSPS) is 24.2. The molecule has 110 valence electrons. The Morgan fingerprint density at radius 2 is 2.11 bits per heavy atom. The average molecular weight is 270 g/mol. The van der Waals surface area contributed by atoms with Gasteiger partial charge >= 0.3 is 5.97 Å². The van der Waals surface area contributed by atoms with Gasteiger partial charge in [-0.1, -0.05) is 20.3 Å². The number of aliphatic carboxylic acids is 1. The molecule has 2 atom stereocenters. The third-order valence-electron chi connectivity index (χ3n) is 3.91. The van der Waals surface area contributed by atoms with Gasteiger partial charge in [0.2, 0.25) is 5.91 Å². The van der Waals surface area contributed by atoms with Crippen molar-refractivity contribution in [2.24, 2.45) is 5.92 Å². The maximum Gasteiger partial charge on any atom is 0.308 e. The van der Waals surface area contributed by atoms with Crippen LogP contribution in [0.4, 0.5) is 0 Å². The molecule has 0 saturated carbocycles. The van der Waals surface area contributed by atoms with Crippen molar-refractivity contribution >= 4 is 11.9 Å². The van der Waals surface area contributed by atoms with E-state index in [1.807, 2.05) is 6.92 Å². The third-order valence-corrected chi connectivity index (χ3v) is 3.91. The lowest BCUT2D eigenvalue weighted by molar-refractivity contribution is -0.144. The SMILES string of the molecule is CCCC1(C(=O)N(CC)CC(C)C(=O)O)CCCN1. The Bertz CT molecular complexity index is 325. The van der Waals surface area contributed by atoms with Crippen molar-refractivity contribution in [3.05, 3.63) is 0 Å². The van der Waals surface area contributed by atoms with Crippen LogP contribution in [0.1, 0.15) is 46.5 Å². The van der Waals surface area contributed by atoms with Crippen LogP contribution in [0.3, 0.4) is 0 Å². The molecule has 0 bridgehead atoms. The van der Waals surface area contributed by atoms with Crippen LogP contribution < -0.4 is 5.32 Å². The molecule has 2 unspecified atom stereocenters. The number of carbonyl (C=O) groups is 2. The van der Waals surface area contributed by atoms with E-state index in [9.17, 15) is 9.59 Å². The molecule has 1 aliphatic heterocycles. The summed E-state index contributed by atoms with van der Waals surface area (Å²) in [6.45, 7) is 7.35. The summed E-state index contributed by atoms with van der Waals surface area (Å²) >= 11 is 0. The summed E-state index contributed by atoms with van der Waals surface area (Å²) in [5.41, 5.74) is -0.455. The maximum atomic E-state index is 12.7. The van der Waals surface area contributed by atoms with Gasteiger partial charge in [-0.15, -0.1) is 0 Å². The zero-order chi connectivity index (χ0) is 14.5. The fraction of sp³-hybridized carbons (Fsp3) is 0.857. The number of hydrogen-bond donors (Lipinski definition) is 2. The fourth-order valence-corrected chi connectivity index (χ4v) is 2.80. The lowest BCUT2D eigenvalue weighted by atomic mass is 9.90. The topological polar surface area (TPSA) is 69.6 Å². The van der Waals surface area contributed by atoms with Crippen LogP contribution in [0.25, 0.3) is 0 Å². The van der Waals surface area contributed by atoms with E-state index >= 15 is 0 Å². The van der Waals surface area contributed by atoms with Gasteiger partial charge in [-0.25, -0.2) is 0 Å². The molecule has 1 amide bonds. The van der Waals surface area contributed by atoms with Gasteiger partial charge in [-0.3, -0.25) is 9.59 Å². The van der Waals surface area contributed by atoms with Crippen LogP contribution in [0.2, 0.25) is 0 Å². The Hall–Kier alpha value is -1.10. The summed E-state index contributed by atoms with van der Waals surface area (Å²) < 4.78 is 0. The lowest BCUT2D eigenvalue weighted by Gasteiger charge is -2.34. The number of rotatable bonds is 7. The number of amides is 1. The van der Waals surface area contributed by atoms with Crippen LogP contribution in [-0.4, -0.2) is 47.1 Å². The molecule has 1 fully saturated rings. The fourth-order valence-electron chi connectivity index (χ4n) is 2.80. The van der Waals surface area contributed by atoms with Gasteiger partial charge in [0.1, 0.15) is 0 Å². The number of carbonyl (C=O) groups excluding carboxylic acids is 1. The minimum absolute atomic E-state index is 0.0717. The van der Waals surface area contributed by atoms with Crippen molar-refractivity contribution in [1.82, 2.24) is 10.2 Å². The highest BCUT2D eigenvalue weighted by molar-refractivity contribution is 5.87. The first-order valence-electron chi connectivity index (χ1n) is 7.24. The second kappa shape index (κ2) is 6.89. The van der Waals surface area contributed by atoms with E-state index in [0.717, 1.165) is 32.2 Å². The molecular formula is C14H26N2O3. The molecular weight excluding hydrogens is 244 g/mol. The molecule has 19 heavy (non-hydrogen) atoms. The predicted octanol–water partition coefficient (Wildman–Crippen LogP) is 1.48. The Labute approximate surface area is 115 Å². The van der Waals surface area contributed by atoms with Crippen LogP contribution in [0.15, 0.2) is 0 Å². The minimum atomic E-state index is -0.852. The average Bonchev–Trinajstić information content (AvgIpc) is 2.84. The van der Waals surface area contributed by atoms with Gasteiger partial charge in [0.15, 0.2) is 0 Å². The molecule has 0 radical (unpaired) electrons. The number of likely N-dealkylation sites (N-methyl/N-ethyl adjacent to an activating group) is 1. The largest absolute Gasteiger partial charge is 0.481 e. The summed E-state index contributed by atoms with van der Waals surface area (Å²) in [5.74, 6) is -1.30. The number of carboxylic acids is 1. The summed E-state index contributed by atoms with van der Waals surface area (Å²) in [7, 11) is 0. The van der Waals surface area contributed by atoms with Crippen LogP contribution in [0, 0.1) is 5.92 Å². The Kier molecular flexibility index (Phi) is 5.79. The first-order valence-corrected chi connectivity index (χ1v) is 7.24. The second-order valence-corrected chi connectivity index (χ2v) is 5.45. The van der Waals surface area contributed by atoms with Gasteiger partial charge in [-0.05, 0) is 32.7 Å². The molecule has 0 aromatic rings. The van der Waals surface area contributed by atoms with Crippen molar-refractivity contribution in [3.8, 4) is 0 Å². The van der Waals surface area contributed by atoms with E-state index < -0.39 is 17.4 Å². The van der Waals surface area contributed by atoms with E-state index in [2.05, 4.69) is 12.2 Å². The molecule has 1 aliphatic rings. The molecule has 5 nitrogen and oxygen atoms in total. The van der Waals surface area contributed by atoms with E-state index in [0.29, 0.717) is 6.54 Å². The quantitative estimate of drug-likeness (QED) is 0.735. The molecule has 1 saturated heterocycles. The molecule has 5 heteroatoms. The first-order chi connectivity index (χ1) is 8.96. The summed E-state index contributed by atoms with van der Waals surface area (Å²) in [5, 5.41) is 12.3. The van der Waals surface area contributed by atoms with Crippen molar-refractivity contribution in [2.75, 3.05) is 19.6 Å². The monoisotopic (exact) mass is 270 g/mol. The molecule has 2 N–H and O–H groups in total. The molecule has 0 aliphatic carbocycles. The maximum absolute atomic E-state index is 12.7. The van der Waals surface area contributed by atoms with Gasteiger partial charge in [-0.2, -0.15) is 0 Å². The zero-order valence-corrected chi connectivity index (χ0v) is 12.2. The van der Waals surface area contributed by atoms with Crippen molar-refractivity contribution in [2.45, 2.75) is 52.0 Å². The zero-order valence-electron chi connectivity index (χ0n) is 12.2. The number of carboxylic acid groups (broad SMARTS) is 1. The van der Waals surface area contributed by atoms with Crippen LogP contribution >= 0.6 is 0 Å². The van der Waals surface area contributed by atoms with Crippen molar-refractivity contribution in [1.29, 1.82) is 0 Å². The Morgan fingerprint density at radius 1 is 1.42 bits per heavy atom. The molecule has 0 aromatic heterocycles. The molecule has 1 rings (SSSR count). The number of hydrogen-bond acceptors (Lipinski definition) is 3. The van der Waals surface area contributed by atoms with E-state index in [1.54, 1.807) is 11.8 Å². The molecule has 0 aromatic carbocycles. The molecule has 1 heterocycles. The van der Waals surface area contributed by atoms with Crippen molar-refractivity contribution in [3.63, 3.8) is 0 Å². The highest BCUT2D eigenvalue weighted by atomic mass is 16.4. The lowest BCUT2D eigenvalue weighted by Crippen LogP contribution is -2.55. The van der Waals surface area contributed by atoms with E-state index in [-0.39, 0.29) is 12.5 Å². The predicted molar refractivity (Wildman–Crippen MR) is 73.9 cm³/mol. The van der Waals surface area contributed by atoms with Gasteiger partial charge in [0, 0.05) is 13.1 Å². The van der Waals surface area contributed by atoms with Gasteiger partial charge in [0.25, 0.3) is 0 Å². The van der Waals surface area contributed by atoms with E-state index in [4.69, 9.17) is 5.11 Å². The minimum Gasteiger partial charge on any atom is -0.481 e. The Balaban J connectivity index is 2.78. The first kappa shape index (κ1) is 16.0. The van der Waals surface area contributed by atoms with Crippen LogP contribution in [0.5, 0.6) is 0 Å². The summed E-state index contributed by atoms with van der Waals surface area (Å²) in [6, 6.07) is 0. The number of nitrogens with one attached hydrogen (secondary N) is 1. The highest BCUT2D eigenvalue weighted by Gasteiger charge is 2.42. The standard InChI is InChI=1S/C14H26N2O3/c1-4-7-14(8-6-9-15-14)13(19)16(5-2)10-11(3)12(17)18/h11,15H,4-10H2,1-3H3,(H,17,18). The third kappa shape index (κ3) is 3.69. The molecule has 0 spiro atoms. The van der Waals surface area contributed by atoms with Gasteiger partial charge < -0.3 is 15.3 Å². The van der Waals surface area contributed by atoms with Crippen LogP contribution in [-0.2, 0) is 9.59 Å². The summed E-state index contributed by atoms with van der Waals surface area (Å²) in [6.07, 6.45) is 3.64. The van der Waals surface area contributed by atoms with Gasteiger partial charge in [0.05, 0.1) is 11.5 Å². The summed E-state index contributed by atoms with van der Waals surface area (Å²) in [4.78, 5) is 25.4. The highest BCUT2D eigenvalue weighted by Crippen LogP contribution is 2.27. The van der Waals surface area contributed by atoms with E-state index in [1.165, 1.54) is 0 Å². The number of nitrogens with zero attached hydrogens (tertiary/aromatic N) is 1. The van der Waals surface area contributed by atoms with Crippen molar-refractivity contribution < 1.29 is 14.7 Å². The second-order valence-electron chi connectivity index (χ2n) is 5.45. The Morgan fingerprint density at radius 3 is 2.53 bits per heavy atom. The smallest absolute Gasteiger partial charge is 0.308 e.